The molecule has 0 saturated heterocycles. The van der Waals surface area contributed by atoms with E-state index in [4.69, 9.17) is 34.8 Å². The third-order valence-corrected chi connectivity index (χ3v) is 5.11. The Bertz CT molecular complexity index is 760. The minimum Gasteiger partial charge on any atom is -0.280 e. The topological polar surface area (TPSA) is 46.2 Å². The first-order valence-corrected chi connectivity index (χ1v) is 8.15. The summed E-state index contributed by atoms with van der Waals surface area (Å²) in [6, 6.07) is 9.08. The first-order chi connectivity index (χ1) is 9.29. The molecule has 0 spiro atoms. The maximum Gasteiger partial charge on any atom is 0.262 e. The van der Waals surface area contributed by atoms with Gasteiger partial charge in [0.05, 0.1) is 20.6 Å². The summed E-state index contributed by atoms with van der Waals surface area (Å²) in [5, 5.41) is 1.12. The predicted octanol–water partition coefficient (Wildman–Crippen LogP) is 4.76. The normalized spacial score (nSPS) is 11.4. The van der Waals surface area contributed by atoms with Crippen LogP contribution in [0.4, 0.5) is 5.69 Å². The van der Waals surface area contributed by atoms with Crippen LogP contribution >= 0.6 is 34.8 Å². The highest BCUT2D eigenvalue weighted by molar-refractivity contribution is 7.92. The number of hydrogen-bond donors (Lipinski definition) is 1. The lowest BCUT2D eigenvalue weighted by Crippen LogP contribution is -2.14. The summed E-state index contributed by atoms with van der Waals surface area (Å²) in [4.78, 5) is 0.160. The van der Waals surface area contributed by atoms with E-state index in [2.05, 4.69) is 4.72 Å². The number of aryl methyl sites for hydroxylation is 1. The molecule has 1 N–H and O–H groups in total. The van der Waals surface area contributed by atoms with Gasteiger partial charge in [0, 0.05) is 5.02 Å². The molecule has 0 radical (unpaired) electrons. The van der Waals surface area contributed by atoms with E-state index in [-0.39, 0.29) is 9.92 Å². The zero-order valence-corrected chi connectivity index (χ0v) is 13.4. The maximum atomic E-state index is 12.3. The third kappa shape index (κ3) is 3.38. The zero-order chi connectivity index (χ0) is 14.9. The monoisotopic (exact) mass is 349 g/mol. The van der Waals surface area contributed by atoms with Crippen molar-refractivity contribution in [3.8, 4) is 0 Å². The van der Waals surface area contributed by atoms with E-state index < -0.39 is 10.0 Å². The van der Waals surface area contributed by atoms with Crippen molar-refractivity contribution >= 4 is 50.5 Å². The number of nitrogens with one attached hydrogen (secondary N) is 1. The number of hydrogen-bond acceptors (Lipinski definition) is 2. The smallest absolute Gasteiger partial charge is 0.262 e. The van der Waals surface area contributed by atoms with Crippen LogP contribution in [-0.4, -0.2) is 8.42 Å². The van der Waals surface area contributed by atoms with E-state index in [1.807, 2.05) is 0 Å². The second-order valence-corrected chi connectivity index (χ2v) is 7.05. The lowest BCUT2D eigenvalue weighted by molar-refractivity contribution is 0.600. The molecule has 2 rings (SSSR count). The standard InChI is InChI=1S/C13H10Cl3NO2S/c1-8-6-9(14)2-5-13(8)20(18,19)17-10-3-4-11(15)12(16)7-10/h2-7,17H,1H3. The van der Waals surface area contributed by atoms with Gasteiger partial charge in [0.25, 0.3) is 10.0 Å². The summed E-state index contributed by atoms with van der Waals surface area (Å²) >= 11 is 17.5. The van der Waals surface area contributed by atoms with Gasteiger partial charge < -0.3 is 0 Å². The second-order valence-electron chi connectivity index (χ2n) is 4.14. The lowest BCUT2D eigenvalue weighted by Gasteiger charge is -2.11. The molecule has 3 nitrogen and oxygen atoms in total. The Morgan fingerprint density at radius 2 is 1.65 bits per heavy atom. The van der Waals surface area contributed by atoms with Crippen LogP contribution in [0.1, 0.15) is 5.56 Å². The molecule has 2 aromatic carbocycles. The van der Waals surface area contributed by atoms with Gasteiger partial charge in [-0.25, -0.2) is 8.42 Å². The number of anilines is 1. The molecule has 0 aromatic heterocycles. The minimum absolute atomic E-state index is 0.160. The second kappa shape index (κ2) is 5.82. The van der Waals surface area contributed by atoms with Crippen molar-refractivity contribution < 1.29 is 8.42 Å². The van der Waals surface area contributed by atoms with Gasteiger partial charge in [-0.15, -0.1) is 0 Å². The number of benzene rings is 2. The third-order valence-electron chi connectivity index (χ3n) is 2.60. The highest BCUT2D eigenvalue weighted by atomic mass is 35.5. The molecule has 106 valence electrons. The first kappa shape index (κ1) is 15.4. The van der Waals surface area contributed by atoms with Gasteiger partial charge in [-0.1, -0.05) is 34.8 Å². The molecule has 0 atom stereocenters. The Morgan fingerprint density at radius 1 is 0.950 bits per heavy atom. The molecule has 0 heterocycles. The van der Waals surface area contributed by atoms with E-state index in [9.17, 15) is 8.42 Å². The van der Waals surface area contributed by atoms with E-state index in [1.165, 1.54) is 30.3 Å². The largest absolute Gasteiger partial charge is 0.280 e. The summed E-state index contributed by atoms with van der Waals surface area (Å²) in [6.45, 7) is 1.68. The molecule has 0 amide bonds. The molecular weight excluding hydrogens is 341 g/mol. The van der Waals surface area contributed by atoms with Crippen LogP contribution in [0.5, 0.6) is 0 Å². The Kier molecular flexibility index (Phi) is 4.49. The number of rotatable bonds is 3. The minimum atomic E-state index is -3.70. The van der Waals surface area contributed by atoms with Gasteiger partial charge in [-0.2, -0.15) is 0 Å². The van der Waals surface area contributed by atoms with Crippen molar-refractivity contribution in [1.82, 2.24) is 0 Å². The van der Waals surface area contributed by atoms with Crippen LogP contribution in [0, 0.1) is 6.92 Å². The van der Waals surface area contributed by atoms with Crippen LogP contribution in [-0.2, 0) is 10.0 Å². The van der Waals surface area contributed by atoms with Crippen LogP contribution in [0.15, 0.2) is 41.3 Å². The Labute approximate surface area is 132 Å². The molecule has 20 heavy (non-hydrogen) atoms. The summed E-state index contributed by atoms with van der Waals surface area (Å²) in [6.07, 6.45) is 0. The molecule has 2 aromatic rings. The van der Waals surface area contributed by atoms with E-state index in [1.54, 1.807) is 13.0 Å². The van der Waals surface area contributed by atoms with Gasteiger partial charge in [0.2, 0.25) is 0 Å². The molecule has 0 saturated carbocycles. The molecule has 0 bridgehead atoms. The average molecular weight is 351 g/mol. The predicted molar refractivity (Wildman–Crippen MR) is 83.5 cm³/mol. The summed E-state index contributed by atoms with van der Waals surface area (Å²) < 4.78 is 27.0. The van der Waals surface area contributed by atoms with E-state index in [0.29, 0.717) is 21.3 Å². The van der Waals surface area contributed by atoms with Gasteiger partial charge in [0.1, 0.15) is 0 Å². The van der Waals surface area contributed by atoms with Gasteiger partial charge in [0.15, 0.2) is 0 Å². The fourth-order valence-corrected chi connectivity index (χ4v) is 3.49. The molecule has 0 unspecified atom stereocenters. The van der Waals surface area contributed by atoms with Gasteiger partial charge in [-0.05, 0) is 48.9 Å². The number of halogens is 3. The van der Waals surface area contributed by atoms with Crippen molar-refractivity contribution in [3.05, 3.63) is 57.0 Å². The zero-order valence-electron chi connectivity index (χ0n) is 10.3. The molecular formula is C13H10Cl3NO2S. The fourth-order valence-electron chi connectivity index (χ4n) is 1.68. The Balaban J connectivity index is 2.38. The molecule has 7 heteroatoms. The van der Waals surface area contributed by atoms with Crippen LogP contribution in [0.2, 0.25) is 15.1 Å². The Morgan fingerprint density at radius 3 is 2.25 bits per heavy atom. The number of sulfonamides is 1. The van der Waals surface area contributed by atoms with Gasteiger partial charge in [-0.3, -0.25) is 4.72 Å². The van der Waals surface area contributed by atoms with Crippen LogP contribution < -0.4 is 4.72 Å². The summed E-state index contributed by atoms with van der Waals surface area (Å²) in [7, 11) is -3.70. The van der Waals surface area contributed by atoms with Gasteiger partial charge >= 0.3 is 0 Å². The SMILES string of the molecule is Cc1cc(Cl)ccc1S(=O)(=O)Nc1ccc(Cl)c(Cl)c1. The Hall–Kier alpha value is -0.940. The summed E-state index contributed by atoms with van der Waals surface area (Å²) in [5.41, 5.74) is 0.902. The average Bonchev–Trinajstić information content (AvgIpc) is 2.33. The summed E-state index contributed by atoms with van der Waals surface area (Å²) in [5.74, 6) is 0. The molecule has 0 aliphatic heterocycles. The van der Waals surface area contributed by atoms with Crippen molar-refractivity contribution in [2.45, 2.75) is 11.8 Å². The van der Waals surface area contributed by atoms with Crippen LogP contribution in [0.25, 0.3) is 0 Å². The highest BCUT2D eigenvalue weighted by Gasteiger charge is 2.17. The van der Waals surface area contributed by atoms with Crippen molar-refractivity contribution in [2.75, 3.05) is 4.72 Å². The molecule has 0 aliphatic carbocycles. The van der Waals surface area contributed by atoms with Crippen molar-refractivity contribution in [3.63, 3.8) is 0 Å². The van der Waals surface area contributed by atoms with E-state index >= 15 is 0 Å². The molecule has 0 fully saturated rings. The molecule has 0 aliphatic rings. The lowest BCUT2D eigenvalue weighted by atomic mass is 10.2. The van der Waals surface area contributed by atoms with Crippen LogP contribution in [0.3, 0.4) is 0 Å². The van der Waals surface area contributed by atoms with E-state index in [0.717, 1.165) is 0 Å². The fraction of sp³-hybridized carbons (Fsp3) is 0.0769. The maximum absolute atomic E-state index is 12.3. The first-order valence-electron chi connectivity index (χ1n) is 5.53. The van der Waals surface area contributed by atoms with Crippen molar-refractivity contribution in [1.29, 1.82) is 0 Å². The van der Waals surface area contributed by atoms with Crippen molar-refractivity contribution in [2.24, 2.45) is 0 Å². The quantitative estimate of drug-likeness (QED) is 0.867. The highest BCUT2D eigenvalue weighted by Crippen LogP contribution is 2.27.